The molecular weight excluding hydrogens is 588 g/mol. The van der Waals surface area contributed by atoms with Crippen LogP contribution in [0.1, 0.15) is 97.0 Å². The first-order valence-electron chi connectivity index (χ1n) is 15.6. The minimum absolute atomic E-state index is 0.0330. The lowest BCUT2D eigenvalue weighted by molar-refractivity contribution is 0.0552. The molecule has 0 aliphatic carbocycles. The second-order valence-corrected chi connectivity index (χ2v) is 13.8. The molecule has 13 heteroatoms. The number of aromatic nitrogens is 5. The van der Waals surface area contributed by atoms with E-state index in [2.05, 4.69) is 45.5 Å². The number of carbonyl (C=O) groups is 2. The number of likely N-dealkylation sites (tertiary alicyclic amines) is 1. The largest absolute Gasteiger partial charge is 0.444 e. The van der Waals surface area contributed by atoms with Crippen LogP contribution in [-0.2, 0) is 9.47 Å². The van der Waals surface area contributed by atoms with Gasteiger partial charge in [-0.15, -0.1) is 10.1 Å². The Hall–Kier alpha value is -4.55. The van der Waals surface area contributed by atoms with E-state index >= 15 is 0 Å². The Morgan fingerprint density at radius 2 is 1.61 bits per heavy atom. The van der Waals surface area contributed by atoms with Crippen LogP contribution in [0, 0.1) is 13.8 Å². The zero-order valence-electron chi connectivity index (χ0n) is 28.5. The molecule has 248 valence electrons. The summed E-state index contributed by atoms with van der Waals surface area (Å²) in [4.78, 5) is 40.4. The monoisotopic (exact) mass is 634 g/mol. The number of hydrogen-bond acceptors (Lipinski definition) is 9. The Labute approximate surface area is 270 Å². The molecule has 2 aromatic heterocycles. The first kappa shape index (κ1) is 34.3. The number of guanidine groups is 1. The third-order valence-corrected chi connectivity index (χ3v) is 6.86. The number of alkyl carbamates (subject to hydrolysis) is 1. The highest BCUT2D eigenvalue weighted by molar-refractivity contribution is 5.99. The molecule has 1 fully saturated rings. The van der Waals surface area contributed by atoms with E-state index in [4.69, 9.17) is 19.2 Å². The summed E-state index contributed by atoms with van der Waals surface area (Å²) in [7, 11) is 0. The number of nitrogens with zero attached hydrogens (tertiary/aromatic N) is 7. The molecule has 0 saturated carbocycles. The Morgan fingerprint density at radius 3 is 2.20 bits per heavy atom. The first-order valence-corrected chi connectivity index (χ1v) is 15.6. The molecule has 1 aromatic carbocycles. The summed E-state index contributed by atoms with van der Waals surface area (Å²) in [6.07, 6.45) is 1.43. The van der Waals surface area contributed by atoms with Gasteiger partial charge in [0, 0.05) is 19.3 Å². The molecule has 4 rings (SSSR count). The fraction of sp³-hybridized carbons (Fsp3) is 0.545. The van der Waals surface area contributed by atoms with Crippen molar-refractivity contribution in [3.63, 3.8) is 0 Å². The summed E-state index contributed by atoms with van der Waals surface area (Å²) in [5, 5.41) is 11.8. The standard InChI is InChI=1S/C33H46N8O5/c1-20(2)26-27(25-11-14-34-29(35-25)44-24-18-21(3)17-22(4)19-24)41(39-38-26)23-12-15-40(16-13-23)28(36-30(42)45-32(5,6)7)37-31(43)46-33(8,9)10/h11,14,17-20,23H,12-13,15-16H2,1-10H3,(H,36,37,42,43). The lowest BCUT2D eigenvalue weighted by Gasteiger charge is -2.34. The van der Waals surface area contributed by atoms with Gasteiger partial charge in [-0.1, -0.05) is 25.1 Å². The molecule has 1 saturated heterocycles. The number of aliphatic imine (C=N–C) groups is 1. The van der Waals surface area contributed by atoms with Crippen molar-refractivity contribution in [1.82, 2.24) is 35.2 Å². The molecule has 3 heterocycles. The van der Waals surface area contributed by atoms with Crippen LogP contribution >= 0.6 is 0 Å². The maximum Gasteiger partial charge on any atom is 0.437 e. The summed E-state index contributed by atoms with van der Waals surface area (Å²) in [5.74, 6) is 0.836. The van der Waals surface area contributed by atoms with Gasteiger partial charge in [-0.05, 0) is 103 Å². The summed E-state index contributed by atoms with van der Waals surface area (Å²) < 4.78 is 18.8. The molecule has 0 spiro atoms. The zero-order chi connectivity index (χ0) is 33.8. The van der Waals surface area contributed by atoms with Gasteiger partial charge in [-0.3, -0.25) is 5.32 Å². The zero-order valence-corrected chi connectivity index (χ0v) is 28.5. The smallest absolute Gasteiger partial charge is 0.437 e. The van der Waals surface area contributed by atoms with Crippen LogP contribution in [0.5, 0.6) is 11.8 Å². The second-order valence-electron chi connectivity index (χ2n) is 13.8. The number of piperidine rings is 1. The van der Waals surface area contributed by atoms with E-state index in [1.807, 2.05) is 41.6 Å². The Morgan fingerprint density at radius 1 is 0.978 bits per heavy atom. The summed E-state index contributed by atoms with van der Waals surface area (Å²) >= 11 is 0. The average Bonchev–Trinajstić information content (AvgIpc) is 3.36. The van der Waals surface area contributed by atoms with Crippen molar-refractivity contribution in [2.45, 2.75) is 105 Å². The van der Waals surface area contributed by atoms with Crippen LogP contribution in [0.4, 0.5) is 9.59 Å². The van der Waals surface area contributed by atoms with Gasteiger partial charge in [-0.25, -0.2) is 19.3 Å². The quantitative estimate of drug-likeness (QED) is 0.237. The van der Waals surface area contributed by atoms with Crippen molar-refractivity contribution in [2.75, 3.05) is 13.1 Å². The number of carbonyl (C=O) groups excluding carboxylic acids is 2. The fourth-order valence-electron chi connectivity index (χ4n) is 5.08. The first-order chi connectivity index (χ1) is 21.5. The summed E-state index contributed by atoms with van der Waals surface area (Å²) in [6.45, 7) is 19.7. The number of aryl methyl sites for hydroxylation is 2. The van der Waals surface area contributed by atoms with Crippen molar-refractivity contribution < 1.29 is 23.8 Å². The molecule has 3 aromatic rings. The number of nitrogens with one attached hydrogen (secondary N) is 1. The predicted molar refractivity (Wildman–Crippen MR) is 174 cm³/mol. The lowest BCUT2D eigenvalue weighted by atomic mass is 10.0. The topological polar surface area (TPSA) is 146 Å². The molecule has 2 amide bonds. The number of benzene rings is 1. The van der Waals surface area contributed by atoms with Gasteiger partial charge >= 0.3 is 18.2 Å². The van der Waals surface area contributed by atoms with E-state index in [0.29, 0.717) is 37.4 Å². The highest BCUT2D eigenvalue weighted by Gasteiger charge is 2.31. The molecule has 1 aliphatic rings. The van der Waals surface area contributed by atoms with E-state index in [1.165, 1.54) is 0 Å². The van der Waals surface area contributed by atoms with E-state index < -0.39 is 23.4 Å². The molecule has 0 unspecified atom stereocenters. The van der Waals surface area contributed by atoms with E-state index in [0.717, 1.165) is 22.5 Å². The number of hydrogen-bond donors (Lipinski definition) is 1. The second kappa shape index (κ2) is 13.8. The third-order valence-electron chi connectivity index (χ3n) is 6.86. The van der Waals surface area contributed by atoms with Crippen LogP contribution in [0.2, 0.25) is 0 Å². The van der Waals surface area contributed by atoms with E-state index in [1.54, 1.807) is 47.7 Å². The van der Waals surface area contributed by atoms with Gasteiger partial charge in [0.2, 0.25) is 5.96 Å². The number of ether oxygens (including phenoxy) is 3. The molecule has 0 radical (unpaired) electrons. The molecule has 0 bridgehead atoms. The average molecular weight is 635 g/mol. The molecule has 1 N–H and O–H groups in total. The van der Waals surface area contributed by atoms with Gasteiger partial charge < -0.3 is 19.1 Å². The minimum Gasteiger partial charge on any atom is -0.444 e. The number of amides is 2. The SMILES string of the molecule is Cc1cc(C)cc(Oc2nccc(-c3c(C(C)C)nnn3C3CCN(C(=NC(=O)OC(C)(C)C)NC(=O)OC(C)(C)C)CC3)n2)c1. The normalized spacial score (nSPS) is 14.8. The van der Waals surface area contributed by atoms with Crippen molar-refractivity contribution >= 4 is 18.1 Å². The Balaban J connectivity index is 1.57. The van der Waals surface area contributed by atoms with Crippen molar-refractivity contribution in [3.05, 3.63) is 47.3 Å². The highest BCUT2D eigenvalue weighted by Crippen LogP contribution is 2.33. The third kappa shape index (κ3) is 9.48. The van der Waals surface area contributed by atoms with Crippen molar-refractivity contribution in [2.24, 2.45) is 4.99 Å². The maximum absolute atomic E-state index is 12.7. The van der Waals surface area contributed by atoms with Crippen LogP contribution in [0.3, 0.4) is 0 Å². The molecule has 13 nitrogen and oxygen atoms in total. The molecular formula is C33H46N8O5. The fourth-order valence-corrected chi connectivity index (χ4v) is 5.08. The van der Waals surface area contributed by atoms with E-state index in [-0.39, 0.29) is 23.9 Å². The highest BCUT2D eigenvalue weighted by atomic mass is 16.6. The van der Waals surface area contributed by atoms with Gasteiger partial charge in [-0.2, -0.15) is 4.98 Å². The maximum atomic E-state index is 12.7. The Bertz CT molecular complexity index is 1560. The summed E-state index contributed by atoms with van der Waals surface area (Å²) in [6, 6.07) is 8.00. The molecule has 1 aliphatic heterocycles. The van der Waals surface area contributed by atoms with Crippen LogP contribution < -0.4 is 10.1 Å². The van der Waals surface area contributed by atoms with E-state index in [9.17, 15) is 9.59 Å². The van der Waals surface area contributed by atoms with Crippen molar-refractivity contribution in [1.29, 1.82) is 0 Å². The van der Waals surface area contributed by atoms with Gasteiger partial charge in [0.1, 0.15) is 22.6 Å². The van der Waals surface area contributed by atoms with Crippen LogP contribution in [0.15, 0.2) is 35.5 Å². The molecule has 46 heavy (non-hydrogen) atoms. The van der Waals surface area contributed by atoms with Crippen LogP contribution in [-0.4, -0.2) is 72.3 Å². The predicted octanol–water partition coefficient (Wildman–Crippen LogP) is 6.72. The lowest BCUT2D eigenvalue weighted by Crippen LogP contribution is -2.49. The minimum atomic E-state index is -0.802. The van der Waals surface area contributed by atoms with Crippen molar-refractivity contribution in [3.8, 4) is 23.1 Å². The van der Waals surface area contributed by atoms with Crippen LogP contribution in [0.25, 0.3) is 11.4 Å². The van der Waals surface area contributed by atoms with Gasteiger partial charge in [0.25, 0.3) is 0 Å². The Kier molecular flexibility index (Phi) is 10.3. The van der Waals surface area contributed by atoms with Gasteiger partial charge in [0.05, 0.1) is 17.4 Å². The molecule has 0 atom stereocenters. The summed E-state index contributed by atoms with van der Waals surface area (Å²) in [5.41, 5.74) is 2.98. The number of rotatable bonds is 5. The van der Waals surface area contributed by atoms with Gasteiger partial charge in [0.15, 0.2) is 0 Å².